The molecule has 0 aliphatic carbocycles. The van der Waals surface area contributed by atoms with Crippen molar-refractivity contribution in [2.24, 2.45) is 0 Å². The predicted octanol–water partition coefficient (Wildman–Crippen LogP) is 5.35. The number of rotatable bonds is 11. The molecule has 0 saturated carbocycles. The van der Waals surface area contributed by atoms with Crippen LogP contribution in [0.4, 0.5) is 10.5 Å². The number of phenolic OH excluding ortho intramolecular Hbond substituents is 1. The Morgan fingerprint density at radius 2 is 1.74 bits per heavy atom. The maximum absolute atomic E-state index is 12.7. The van der Waals surface area contributed by atoms with Crippen molar-refractivity contribution in [1.82, 2.24) is 14.9 Å². The molecular weight excluding hydrogens is 588 g/mol. The lowest BCUT2D eigenvalue weighted by atomic mass is 9.99. The van der Waals surface area contributed by atoms with Gasteiger partial charge >= 0.3 is 11.8 Å². The summed E-state index contributed by atoms with van der Waals surface area (Å²) < 4.78 is 7.13. The first-order valence-electron chi connectivity index (χ1n) is 14.8. The second-order valence-corrected chi connectivity index (χ2v) is 11.0. The van der Waals surface area contributed by atoms with Crippen molar-refractivity contribution in [3.05, 3.63) is 129 Å². The molecule has 0 spiro atoms. The first-order valence-corrected chi connectivity index (χ1v) is 14.8. The van der Waals surface area contributed by atoms with Crippen LogP contribution in [0.1, 0.15) is 29.2 Å². The molecule has 46 heavy (non-hydrogen) atoms. The highest BCUT2D eigenvalue weighted by molar-refractivity contribution is 5.91. The second-order valence-electron chi connectivity index (χ2n) is 11.0. The summed E-state index contributed by atoms with van der Waals surface area (Å²) in [5.41, 5.74) is 5.62. The van der Waals surface area contributed by atoms with E-state index in [1.165, 1.54) is 12.1 Å². The summed E-state index contributed by atoms with van der Waals surface area (Å²) in [7, 11) is 0. The summed E-state index contributed by atoms with van der Waals surface area (Å²) in [5, 5.41) is 36.5. The van der Waals surface area contributed by atoms with Crippen LogP contribution in [0.15, 0.2) is 105 Å². The highest BCUT2D eigenvalue weighted by Gasteiger charge is 2.15. The van der Waals surface area contributed by atoms with Crippen molar-refractivity contribution in [3.8, 4) is 16.9 Å². The van der Waals surface area contributed by atoms with Crippen LogP contribution in [0.2, 0.25) is 0 Å². The number of hydrogen-bond donors (Lipinski definition) is 6. The molecule has 1 amide bonds. The van der Waals surface area contributed by atoms with Gasteiger partial charge in [-0.05, 0) is 65.4 Å². The molecule has 1 atom stereocenters. The van der Waals surface area contributed by atoms with Crippen LogP contribution in [-0.4, -0.2) is 37.5 Å². The zero-order valence-electron chi connectivity index (χ0n) is 24.7. The van der Waals surface area contributed by atoms with E-state index in [1.54, 1.807) is 22.8 Å². The predicted molar refractivity (Wildman–Crippen MR) is 175 cm³/mol. The van der Waals surface area contributed by atoms with Gasteiger partial charge in [-0.1, -0.05) is 54.6 Å². The van der Waals surface area contributed by atoms with Crippen molar-refractivity contribution < 1.29 is 24.5 Å². The van der Waals surface area contributed by atoms with Gasteiger partial charge in [0, 0.05) is 36.7 Å². The summed E-state index contributed by atoms with van der Waals surface area (Å²) >= 11 is 0. The fourth-order valence-electron chi connectivity index (χ4n) is 5.72. The maximum Gasteiger partial charge on any atom is 0.419 e. The second kappa shape index (κ2) is 13.1. The molecule has 4 aromatic carbocycles. The number of pyridine rings is 1. The minimum absolute atomic E-state index is 0.0713. The van der Waals surface area contributed by atoms with Crippen LogP contribution in [0, 0.1) is 0 Å². The fourth-order valence-corrected chi connectivity index (χ4v) is 5.72. The van der Waals surface area contributed by atoms with Crippen LogP contribution in [0.3, 0.4) is 0 Å². The Labute approximate surface area is 262 Å². The molecule has 6 aromatic rings. The van der Waals surface area contributed by atoms with Crippen molar-refractivity contribution in [1.29, 1.82) is 0 Å². The van der Waals surface area contributed by atoms with Crippen molar-refractivity contribution in [2.75, 3.05) is 11.9 Å². The molecule has 234 valence electrons. The fraction of sp³-hybridized carbons (Fsp3) is 0.171. The number of aromatic amines is 1. The number of fused-ring (bicyclic) bond motifs is 2. The van der Waals surface area contributed by atoms with E-state index >= 15 is 0 Å². The van der Waals surface area contributed by atoms with Crippen molar-refractivity contribution in [2.45, 2.75) is 32.0 Å². The summed E-state index contributed by atoms with van der Waals surface area (Å²) in [6.07, 6.45) is -0.783. The summed E-state index contributed by atoms with van der Waals surface area (Å²) in [5.74, 6) is -0.529. The lowest BCUT2D eigenvalue weighted by Crippen LogP contribution is -2.21. The number of aliphatic hydroxyl groups excluding tert-OH is 1. The van der Waals surface area contributed by atoms with Crippen LogP contribution in [0.25, 0.3) is 33.1 Å². The van der Waals surface area contributed by atoms with E-state index in [1.807, 2.05) is 60.7 Å². The van der Waals surface area contributed by atoms with Crippen LogP contribution < -0.4 is 21.9 Å². The number of benzene rings is 4. The molecule has 6 rings (SSSR count). The number of oxazole rings is 1. The van der Waals surface area contributed by atoms with E-state index in [-0.39, 0.29) is 23.4 Å². The van der Waals surface area contributed by atoms with Crippen LogP contribution >= 0.6 is 0 Å². The Balaban J connectivity index is 1.09. The van der Waals surface area contributed by atoms with Gasteiger partial charge in [0.15, 0.2) is 5.58 Å². The third kappa shape index (κ3) is 6.55. The Bertz CT molecular complexity index is 2150. The molecule has 0 unspecified atom stereocenters. The molecule has 2 heterocycles. The van der Waals surface area contributed by atoms with Gasteiger partial charge in [0.2, 0.25) is 5.56 Å². The van der Waals surface area contributed by atoms with Crippen LogP contribution in [-0.2, 0) is 19.5 Å². The van der Waals surface area contributed by atoms with E-state index < -0.39 is 18.0 Å². The van der Waals surface area contributed by atoms with Gasteiger partial charge in [0.1, 0.15) is 5.75 Å². The summed E-state index contributed by atoms with van der Waals surface area (Å²) in [6, 6.07) is 26.7. The number of hydrogen-bond acceptors (Lipinski definition) is 7. The number of nitrogens with one attached hydrogen (secondary N) is 3. The average molecular weight is 621 g/mol. The van der Waals surface area contributed by atoms with Crippen molar-refractivity contribution in [3.63, 3.8) is 0 Å². The Morgan fingerprint density at radius 1 is 0.935 bits per heavy atom. The number of aromatic hydroxyl groups is 1. The zero-order valence-corrected chi connectivity index (χ0v) is 24.7. The molecule has 0 fully saturated rings. The number of anilines is 1. The molecule has 0 bridgehead atoms. The van der Waals surface area contributed by atoms with Gasteiger partial charge < -0.3 is 30.0 Å². The van der Waals surface area contributed by atoms with Crippen LogP contribution in [0.5, 0.6) is 5.75 Å². The number of aryl methyl sites for hydroxylation is 2. The third-order valence-corrected chi connectivity index (χ3v) is 7.92. The summed E-state index contributed by atoms with van der Waals surface area (Å²) in [4.78, 5) is 38.4. The van der Waals surface area contributed by atoms with E-state index in [9.17, 15) is 29.7 Å². The Hall–Kier alpha value is -5.65. The number of carbonyl (C=O) groups is 1. The highest BCUT2D eigenvalue weighted by Crippen LogP contribution is 2.30. The molecule has 0 aliphatic rings. The number of aliphatic hydroxyl groups is 1. The van der Waals surface area contributed by atoms with E-state index in [0.29, 0.717) is 53.7 Å². The standard InChI is InChI=1S/C35H32N4O7/c40-29-14-11-25(26-12-15-32(42)38-33(26)29)30(41)20-36-19-22-9-13-28-31(18-22)46-35(45)39(28)16-4-5-21-8-10-24(23-6-2-1-3-7-23)27(17-21)37-34(43)44/h1-3,6-15,17-18,30,36-37,40-41H,4-5,16,19-20H2,(H,38,42)(H,43,44)/t30-/m1/s1. The molecular formula is C35H32N4O7. The number of amides is 1. The topological polar surface area (TPSA) is 170 Å². The highest BCUT2D eigenvalue weighted by atomic mass is 16.4. The van der Waals surface area contributed by atoms with Crippen molar-refractivity contribution >= 4 is 33.8 Å². The molecule has 0 radical (unpaired) electrons. The molecule has 11 heteroatoms. The lowest BCUT2D eigenvalue weighted by molar-refractivity contribution is 0.176. The van der Waals surface area contributed by atoms with Gasteiger partial charge in [-0.25, -0.2) is 9.59 Å². The first-order chi connectivity index (χ1) is 22.3. The molecule has 0 aliphatic heterocycles. The minimum atomic E-state index is -1.14. The SMILES string of the molecule is O=C(O)Nc1cc(CCCn2c(=O)oc3cc(CNC[C@@H](O)c4ccc(O)c5[nH]c(=O)ccc45)ccc32)ccc1-c1ccccc1. The molecule has 6 N–H and O–H groups in total. The number of nitrogens with zero attached hydrogens (tertiary/aromatic N) is 1. The van der Waals surface area contributed by atoms with Gasteiger partial charge in [0.25, 0.3) is 0 Å². The van der Waals surface area contributed by atoms with E-state index in [2.05, 4.69) is 15.6 Å². The van der Waals surface area contributed by atoms with E-state index in [4.69, 9.17) is 4.42 Å². The Kier molecular flexibility index (Phi) is 8.68. The smallest absolute Gasteiger partial charge is 0.419 e. The molecule has 0 saturated heterocycles. The van der Waals surface area contributed by atoms with E-state index in [0.717, 1.165) is 22.3 Å². The molecule has 2 aromatic heterocycles. The van der Waals surface area contributed by atoms with Gasteiger partial charge in [-0.15, -0.1) is 0 Å². The number of aromatic nitrogens is 2. The summed E-state index contributed by atoms with van der Waals surface area (Å²) in [6.45, 7) is 1.03. The maximum atomic E-state index is 12.7. The average Bonchev–Trinajstić information content (AvgIpc) is 3.35. The number of carboxylic acid groups (broad SMARTS) is 1. The first kappa shape index (κ1) is 30.4. The quantitative estimate of drug-likeness (QED) is 0.113. The third-order valence-electron chi connectivity index (χ3n) is 7.92. The molecule has 11 nitrogen and oxygen atoms in total. The minimum Gasteiger partial charge on any atom is -0.506 e. The Morgan fingerprint density at radius 3 is 2.54 bits per heavy atom. The van der Waals surface area contributed by atoms with Gasteiger partial charge in [-0.2, -0.15) is 0 Å². The normalized spacial score (nSPS) is 12.0. The van der Waals surface area contributed by atoms with Gasteiger partial charge in [-0.3, -0.25) is 14.7 Å². The number of phenols is 1. The van der Waals surface area contributed by atoms with Gasteiger partial charge in [0.05, 0.1) is 22.8 Å². The number of H-pyrrole nitrogens is 1. The monoisotopic (exact) mass is 620 g/mol. The largest absolute Gasteiger partial charge is 0.506 e. The lowest BCUT2D eigenvalue weighted by Gasteiger charge is -2.15. The zero-order chi connectivity index (χ0) is 32.2.